The van der Waals surface area contributed by atoms with Gasteiger partial charge in [0.1, 0.15) is 12.9 Å². The van der Waals surface area contributed by atoms with Crippen LogP contribution in [0.3, 0.4) is 0 Å². The van der Waals surface area contributed by atoms with Gasteiger partial charge in [0, 0.05) is 13.1 Å². The Morgan fingerprint density at radius 3 is 2.91 bits per heavy atom. The summed E-state index contributed by atoms with van der Waals surface area (Å²) in [5.41, 5.74) is 7.04. The summed E-state index contributed by atoms with van der Waals surface area (Å²) in [6, 6.07) is 9.86. The summed E-state index contributed by atoms with van der Waals surface area (Å²) in [4.78, 5) is 10.8. The molecule has 0 amide bonds. The van der Waals surface area contributed by atoms with Crippen molar-refractivity contribution in [3.63, 3.8) is 0 Å². The summed E-state index contributed by atoms with van der Waals surface area (Å²) in [6.07, 6.45) is 1.71. The average Bonchev–Trinajstić information content (AvgIpc) is 3.02. The topological polar surface area (TPSA) is 81.6 Å². The standard InChI is InChI=1S/C15H20N6O.HI/c1-12-10-20(7-8-22-12)15(16)17-9-14-18-11-19-21(14)13-5-3-2-4-6-13;/h2-6,11-12H,7-10H2,1H3,(H2,16,17);1H. The molecule has 7 nitrogen and oxygen atoms in total. The van der Waals surface area contributed by atoms with Crippen LogP contribution >= 0.6 is 24.0 Å². The molecule has 0 saturated carbocycles. The smallest absolute Gasteiger partial charge is 0.191 e. The van der Waals surface area contributed by atoms with Crippen molar-refractivity contribution in [3.05, 3.63) is 42.5 Å². The molecule has 1 aromatic heterocycles. The lowest BCUT2D eigenvalue weighted by Gasteiger charge is -2.31. The van der Waals surface area contributed by atoms with Gasteiger partial charge in [0.15, 0.2) is 11.8 Å². The van der Waals surface area contributed by atoms with Gasteiger partial charge in [0.2, 0.25) is 0 Å². The molecule has 0 aliphatic carbocycles. The van der Waals surface area contributed by atoms with Crippen molar-refractivity contribution in [3.8, 4) is 5.69 Å². The summed E-state index contributed by atoms with van der Waals surface area (Å²) >= 11 is 0. The largest absolute Gasteiger partial charge is 0.375 e. The molecule has 2 aromatic rings. The van der Waals surface area contributed by atoms with E-state index in [2.05, 4.69) is 15.1 Å². The predicted octanol–water partition coefficient (Wildman–Crippen LogP) is 1.42. The molecule has 0 bridgehead atoms. The van der Waals surface area contributed by atoms with Crippen LogP contribution in [-0.4, -0.2) is 51.4 Å². The number of hydrogen-bond donors (Lipinski definition) is 1. The number of aliphatic imine (C=N–C) groups is 1. The van der Waals surface area contributed by atoms with Gasteiger partial charge in [-0.05, 0) is 19.1 Å². The first-order chi connectivity index (χ1) is 10.7. The van der Waals surface area contributed by atoms with Crippen LogP contribution < -0.4 is 5.73 Å². The van der Waals surface area contributed by atoms with E-state index in [1.165, 1.54) is 6.33 Å². The average molecular weight is 428 g/mol. The van der Waals surface area contributed by atoms with Gasteiger partial charge in [-0.2, -0.15) is 5.10 Å². The molecule has 124 valence electrons. The summed E-state index contributed by atoms with van der Waals surface area (Å²) in [5, 5.41) is 4.25. The van der Waals surface area contributed by atoms with Gasteiger partial charge in [-0.25, -0.2) is 14.7 Å². The van der Waals surface area contributed by atoms with Crippen LogP contribution in [-0.2, 0) is 11.3 Å². The van der Waals surface area contributed by atoms with Gasteiger partial charge in [0.25, 0.3) is 0 Å². The highest BCUT2D eigenvalue weighted by Gasteiger charge is 2.18. The number of rotatable bonds is 3. The third-order valence-corrected chi connectivity index (χ3v) is 3.57. The number of hydrogen-bond acceptors (Lipinski definition) is 4. The lowest BCUT2D eigenvalue weighted by atomic mass is 10.3. The van der Waals surface area contributed by atoms with E-state index in [4.69, 9.17) is 10.5 Å². The minimum Gasteiger partial charge on any atom is -0.375 e. The Balaban J connectivity index is 0.00000192. The monoisotopic (exact) mass is 428 g/mol. The fraction of sp³-hybridized carbons (Fsp3) is 0.400. The van der Waals surface area contributed by atoms with Crippen molar-refractivity contribution in [2.75, 3.05) is 19.7 Å². The third-order valence-electron chi connectivity index (χ3n) is 3.57. The molecule has 0 spiro atoms. The summed E-state index contributed by atoms with van der Waals surface area (Å²) in [5.74, 6) is 1.29. The molecule has 1 aliphatic rings. The van der Waals surface area contributed by atoms with Crippen molar-refractivity contribution in [1.29, 1.82) is 0 Å². The third kappa shape index (κ3) is 4.41. The Labute approximate surface area is 152 Å². The fourth-order valence-corrected chi connectivity index (χ4v) is 2.44. The number of halogens is 1. The van der Waals surface area contributed by atoms with Crippen LogP contribution in [0.15, 0.2) is 41.7 Å². The number of aromatic nitrogens is 3. The van der Waals surface area contributed by atoms with E-state index < -0.39 is 0 Å². The van der Waals surface area contributed by atoms with Crippen LogP contribution in [0.25, 0.3) is 5.69 Å². The Bertz CT molecular complexity index is 644. The minimum absolute atomic E-state index is 0. The highest BCUT2D eigenvalue weighted by Crippen LogP contribution is 2.09. The Morgan fingerprint density at radius 1 is 1.39 bits per heavy atom. The number of nitrogens with two attached hydrogens (primary N) is 1. The number of nitrogens with zero attached hydrogens (tertiary/aromatic N) is 5. The molecule has 1 saturated heterocycles. The molecule has 1 atom stereocenters. The number of benzene rings is 1. The molecule has 2 N–H and O–H groups in total. The zero-order valence-electron chi connectivity index (χ0n) is 13.0. The van der Waals surface area contributed by atoms with Crippen LogP contribution in [0.5, 0.6) is 0 Å². The van der Waals surface area contributed by atoms with Crippen LogP contribution in [0.1, 0.15) is 12.7 Å². The first-order valence-electron chi connectivity index (χ1n) is 7.35. The van der Waals surface area contributed by atoms with Crippen LogP contribution in [0, 0.1) is 0 Å². The Morgan fingerprint density at radius 2 is 2.17 bits per heavy atom. The lowest BCUT2D eigenvalue weighted by Crippen LogP contribution is -2.47. The summed E-state index contributed by atoms with van der Waals surface area (Å²) in [7, 11) is 0. The quantitative estimate of drug-likeness (QED) is 0.455. The Hall–Kier alpha value is -1.68. The molecule has 2 heterocycles. The molecule has 23 heavy (non-hydrogen) atoms. The lowest BCUT2D eigenvalue weighted by molar-refractivity contribution is 0.00528. The van der Waals surface area contributed by atoms with E-state index in [0.29, 0.717) is 19.1 Å². The maximum absolute atomic E-state index is 6.08. The van der Waals surface area contributed by atoms with Gasteiger partial charge >= 0.3 is 0 Å². The number of ether oxygens (including phenoxy) is 1. The second-order valence-electron chi connectivity index (χ2n) is 5.23. The minimum atomic E-state index is 0. The van der Waals surface area contributed by atoms with Gasteiger partial charge < -0.3 is 15.4 Å². The van der Waals surface area contributed by atoms with E-state index in [0.717, 1.165) is 24.6 Å². The first-order valence-corrected chi connectivity index (χ1v) is 7.35. The van der Waals surface area contributed by atoms with Crippen molar-refractivity contribution in [2.45, 2.75) is 19.6 Å². The maximum Gasteiger partial charge on any atom is 0.191 e. The summed E-state index contributed by atoms with van der Waals surface area (Å²) in [6.45, 7) is 4.64. The molecule has 1 unspecified atom stereocenters. The van der Waals surface area contributed by atoms with Crippen molar-refractivity contribution in [1.82, 2.24) is 19.7 Å². The van der Waals surface area contributed by atoms with Gasteiger partial charge in [-0.15, -0.1) is 24.0 Å². The SMILES string of the molecule is CC1CN(C(N)=NCc2ncnn2-c2ccccc2)CCO1.I. The fourth-order valence-electron chi connectivity index (χ4n) is 2.44. The maximum atomic E-state index is 6.08. The molecule has 3 rings (SSSR count). The molecule has 0 radical (unpaired) electrons. The van der Waals surface area contributed by atoms with E-state index in [1.807, 2.05) is 42.2 Å². The molecular formula is C15H21IN6O. The zero-order chi connectivity index (χ0) is 15.4. The highest BCUT2D eigenvalue weighted by molar-refractivity contribution is 14.0. The molecular weight excluding hydrogens is 407 g/mol. The van der Waals surface area contributed by atoms with E-state index in [-0.39, 0.29) is 30.1 Å². The highest BCUT2D eigenvalue weighted by atomic mass is 127. The molecule has 8 heteroatoms. The van der Waals surface area contributed by atoms with Gasteiger partial charge in [0.05, 0.1) is 18.4 Å². The second-order valence-corrected chi connectivity index (χ2v) is 5.23. The summed E-state index contributed by atoms with van der Waals surface area (Å²) < 4.78 is 7.28. The van der Waals surface area contributed by atoms with Crippen molar-refractivity contribution in [2.24, 2.45) is 10.7 Å². The van der Waals surface area contributed by atoms with Gasteiger partial charge in [-0.1, -0.05) is 18.2 Å². The van der Waals surface area contributed by atoms with Crippen LogP contribution in [0.2, 0.25) is 0 Å². The second kappa shape index (κ2) is 8.25. The number of guanidine groups is 1. The van der Waals surface area contributed by atoms with Crippen molar-refractivity contribution < 1.29 is 4.74 Å². The number of morpholine rings is 1. The van der Waals surface area contributed by atoms with E-state index in [1.54, 1.807) is 4.68 Å². The predicted molar refractivity (Wildman–Crippen MR) is 99.1 cm³/mol. The number of para-hydroxylation sites is 1. The first kappa shape index (κ1) is 17.7. The molecule has 1 aromatic carbocycles. The molecule has 1 fully saturated rings. The Kier molecular flexibility index (Phi) is 6.34. The van der Waals surface area contributed by atoms with E-state index in [9.17, 15) is 0 Å². The normalized spacial score (nSPS) is 18.6. The molecule has 1 aliphatic heterocycles. The van der Waals surface area contributed by atoms with Crippen molar-refractivity contribution >= 4 is 29.9 Å². The van der Waals surface area contributed by atoms with Gasteiger partial charge in [-0.3, -0.25) is 0 Å². The van der Waals surface area contributed by atoms with Crippen LogP contribution in [0.4, 0.5) is 0 Å². The van der Waals surface area contributed by atoms with E-state index >= 15 is 0 Å². The zero-order valence-corrected chi connectivity index (χ0v) is 15.3.